The summed E-state index contributed by atoms with van der Waals surface area (Å²) in [5.74, 6) is 0.569. The quantitative estimate of drug-likeness (QED) is 0.862. The number of hydrogen-bond acceptors (Lipinski definition) is 2. The van der Waals surface area contributed by atoms with Gasteiger partial charge in [-0.05, 0) is 67.3 Å². The summed E-state index contributed by atoms with van der Waals surface area (Å²) < 4.78 is 0. The third-order valence-corrected chi connectivity index (χ3v) is 6.34. The van der Waals surface area contributed by atoms with Crippen molar-refractivity contribution in [3.63, 3.8) is 0 Å². The molecule has 2 fully saturated rings. The summed E-state index contributed by atoms with van der Waals surface area (Å²) in [4.78, 5) is 2.63. The molecule has 1 aromatic rings. The van der Waals surface area contributed by atoms with E-state index in [4.69, 9.17) is 0 Å². The Bertz CT molecular complexity index is 629. The van der Waals surface area contributed by atoms with Crippen molar-refractivity contribution >= 4 is 0 Å². The van der Waals surface area contributed by atoms with Crippen molar-refractivity contribution in [1.82, 2.24) is 10.2 Å². The number of hydrogen-bond donors (Lipinski definition) is 1. The average Bonchev–Trinajstić information content (AvgIpc) is 2.60. The van der Waals surface area contributed by atoms with Gasteiger partial charge in [0, 0.05) is 12.2 Å². The molecule has 1 atom stereocenters. The van der Waals surface area contributed by atoms with Gasteiger partial charge in [-0.15, -0.1) is 0 Å². The molecule has 1 saturated heterocycles. The first-order valence-corrected chi connectivity index (χ1v) is 9.61. The molecule has 128 valence electrons. The fraction of sp³-hybridized carbons (Fsp3) is 0.545. The van der Waals surface area contributed by atoms with Crippen LogP contribution >= 0.6 is 0 Å². The highest BCUT2D eigenvalue weighted by atomic mass is 15.2. The lowest BCUT2D eigenvalue weighted by atomic mass is 9.60. The summed E-state index contributed by atoms with van der Waals surface area (Å²) in [6, 6.07) is 10.1. The second kappa shape index (κ2) is 6.40. The molecule has 1 saturated carbocycles. The molecule has 1 spiro atoms. The van der Waals surface area contributed by atoms with Crippen LogP contribution < -0.4 is 5.32 Å². The third kappa shape index (κ3) is 2.82. The minimum absolute atomic E-state index is 0.401. The first kappa shape index (κ1) is 16.0. The Balaban J connectivity index is 1.55. The molecule has 0 amide bonds. The van der Waals surface area contributed by atoms with Crippen LogP contribution in [0.1, 0.15) is 62.6 Å². The largest absolute Gasteiger partial charge is 0.364 e. The predicted molar refractivity (Wildman–Crippen MR) is 101 cm³/mol. The fourth-order valence-corrected chi connectivity index (χ4v) is 4.95. The Morgan fingerprint density at radius 2 is 1.83 bits per heavy atom. The second-order valence-corrected chi connectivity index (χ2v) is 8.21. The summed E-state index contributed by atoms with van der Waals surface area (Å²) in [6.07, 6.45) is 14.6. The van der Waals surface area contributed by atoms with E-state index in [9.17, 15) is 0 Å². The van der Waals surface area contributed by atoms with E-state index in [1.807, 2.05) is 0 Å². The number of benzene rings is 1. The first-order valence-electron chi connectivity index (χ1n) is 9.61. The molecule has 2 aliphatic heterocycles. The van der Waals surface area contributed by atoms with Crippen molar-refractivity contribution in [2.75, 3.05) is 13.1 Å². The van der Waals surface area contributed by atoms with Crippen LogP contribution in [0.4, 0.5) is 0 Å². The van der Waals surface area contributed by atoms with Crippen LogP contribution in [0.3, 0.4) is 0 Å². The molecule has 2 heterocycles. The van der Waals surface area contributed by atoms with Crippen LogP contribution in [0.15, 0.2) is 48.7 Å². The van der Waals surface area contributed by atoms with Crippen molar-refractivity contribution in [1.29, 1.82) is 0 Å². The normalized spacial score (nSPS) is 26.1. The Kier molecular flexibility index (Phi) is 4.26. The van der Waals surface area contributed by atoms with Gasteiger partial charge in [0.1, 0.15) is 0 Å². The second-order valence-electron chi connectivity index (χ2n) is 8.21. The highest BCUT2D eigenvalue weighted by Gasteiger charge is 2.47. The molecule has 2 nitrogen and oxygen atoms in total. The van der Waals surface area contributed by atoms with Crippen LogP contribution in [0.25, 0.3) is 0 Å². The topological polar surface area (TPSA) is 15.3 Å². The Morgan fingerprint density at radius 3 is 2.58 bits per heavy atom. The maximum atomic E-state index is 3.52. The van der Waals surface area contributed by atoms with Gasteiger partial charge in [0.2, 0.25) is 0 Å². The highest BCUT2D eigenvalue weighted by Crippen LogP contribution is 2.52. The minimum Gasteiger partial charge on any atom is -0.364 e. The molecule has 1 N–H and O–H groups in total. The monoisotopic (exact) mass is 322 g/mol. The van der Waals surface area contributed by atoms with Crippen LogP contribution in [-0.4, -0.2) is 24.0 Å². The molecule has 24 heavy (non-hydrogen) atoms. The smallest absolute Gasteiger partial charge is 0.0730 e. The van der Waals surface area contributed by atoms with Crippen molar-refractivity contribution < 1.29 is 0 Å². The molecule has 3 aliphatic rings. The van der Waals surface area contributed by atoms with Crippen molar-refractivity contribution in [2.45, 2.75) is 57.5 Å². The zero-order valence-corrected chi connectivity index (χ0v) is 15.0. The lowest BCUT2D eigenvalue weighted by Crippen LogP contribution is -2.53. The fourth-order valence-electron chi connectivity index (χ4n) is 4.95. The summed E-state index contributed by atoms with van der Waals surface area (Å²) in [6.45, 7) is 7.03. The average molecular weight is 322 g/mol. The van der Waals surface area contributed by atoms with E-state index in [0.29, 0.717) is 23.4 Å². The Morgan fingerprint density at radius 1 is 1.08 bits per heavy atom. The van der Waals surface area contributed by atoms with E-state index in [-0.39, 0.29) is 0 Å². The Hall–Kier alpha value is -1.54. The molecular formula is C22H30N2. The Labute approximate surface area is 146 Å². The maximum Gasteiger partial charge on any atom is 0.0730 e. The van der Waals surface area contributed by atoms with Gasteiger partial charge in [-0.2, -0.15) is 0 Å². The predicted octanol–water partition coefficient (Wildman–Crippen LogP) is 4.77. The number of nitrogens with one attached hydrogen (secondary N) is 1. The summed E-state index contributed by atoms with van der Waals surface area (Å²) in [5, 5.41) is 3.52. The van der Waals surface area contributed by atoms with Gasteiger partial charge in [-0.3, -0.25) is 0 Å². The van der Waals surface area contributed by atoms with Crippen LogP contribution in [-0.2, 0) is 0 Å². The molecular weight excluding hydrogens is 292 g/mol. The highest BCUT2D eigenvalue weighted by molar-refractivity contribution is 5.37. The molecule has 1 aliphatic carbocycles. The van der Waals surface area contributed by atoms with Gasteiger partial charge < -0.3 is 10.2 Å². The van der Waals surface area contributed by atoms with Gasteiger partial charge in [-0.1, -0.05) is 50.3 Å². The zero-order chi connectivity index (χ0) is 16.6. The standard InChI is InChI=1S/C22H30N2/c1-17(2)19-7-3-4-8-20(19)21-9-5-6-14-24(21)18-15-22(16-18)10-12-23-13-11-22/h3-9,14,17-18,21,23H,10-13,15-16H2,1-2H3. The SMILES string of the molecule is CC(C)c1ccccc1C1C=CC=CN1C1CC2(CCNCC2)C1. The first-order chi connectivity index (χ1) is 11.7. The van der Waals surface area contributed by atoms with Crippen LogP contribution in [0.2, 0.25) is 0 Å². The van der Waals surface area contributed by atoms with Crippen LogP contribution in [0, 0.1) is 5.41 Å². The van der Waals surface area contributed by atoms with E-state index >= 15 is 0 Å². The molecule has 0 aromatic heterocycles. The molecule has 0 bridgehead atoms. The van der Waals surface area contributed by atoms with E-state index < -0.39 is 0 Å². The number of nitrogens with zero attached hydrogens (tertiary/aromatic N) is 1. The number of rotatable bonds is 3. The molecule has 0 radical (unpaired) electrons. The molecule has 2 heteroatoms. The summed E-state index contributed by atoms with van der Waals surface area (Å²) in [7, 11) is 0. The van der Waals surface area contributed by atoms with E-state index in [1.165, 1.54) is 49.9 Å². The molecule has 1 unspecified atom stereocenters. The van der Waals surface area contributed by atoms with Crippen molar-refractivity contribution in [2.24, 2.45) is 5.41 Å². The third-order valence-electron chi connectivity index (χ3n) is 6.34. The van der Waals surface area contributed by atoms with Gasteiger partial charge in [0.25, 0.3) is 0 Å². The summed E-state index contributed by atoms with van der Waals surface area (Å²) >= 11 is 0. The van der Waals surface area contributed by atoms with E-state index in [1.54, 1.807) is 0 Å². The van der Waals surface area contributed by atoms with E-state index in [0.717, 1.165) is 0 Å². The van der Waals surface area contributed by atoms with Crippen molar-refractivity contribution in [3.8, 4) is 0 Å². The van der Waals surface area contributed by atoms with Gasteiger partial charge in [-0.25, -0.2) is 0 Å². The minimum atomic E-state index is 0.401. The lowest BCUT2D eigenvalue weighted by Gasteiger charge is -2.55. The molecule has 1 aromatic carbocycles. The zero-order valence-electron chi connectivity index (χ0n) is 15.0. The van der Waals surface area contributed by atoms with Gasteiger partial charge in [0.05, 0.1) is 6.04 Å². The van der Waals surface area contributed by atoms with Crippen LogP contribution in [0.5, 0.6) is 0 Å². The van der Waals surface area contributed by atoms with E-state index in [2.05, 4.69) is 72.8 Å². The van der Waals surface area contributed by atoms with Crippen molar-refractivity contribution in [3.05, 3.63) is 59.8 Å². The maximum absolute atomic E-state index is 3.52. The summed E-state index contributed by atoms with van der Waals surface area (Å²) in [5.41, 5.74) is 3.61. The number of allylic oxidation sites excluding steroid dienone is 2. The van der Waals surface area contributed by atoms with Gasteiger partial charge in [0.15, 0.2) is 0 Å². The number of piperidine rings is 1. The van der Waals surface area contributed by atoms with Gasteiger partial charge >= 0.3 is 0 Å². The lowest BCUT2D eigenvalue weighted by molar-refractivity contribution is -0.0110. The molecule has 4 rings (SSSR count).